The van der Waals surface area contributed by atoms with Crippen LogP contribution in [0.3, 0.4) is 0 Å². The Kier molecular flexibility index (Phi) is 4.80. The first kappa shape index (κ1) is 24.7. The Balaban J connectivity index is 1.36. The van der Waals surface area contributed by atoms with Gasteiger partial charge in [-0.25, -0.2) is 0 Å². The van der Waals surface area contributed by atoms with E-state index in [2.05, 4.69) is 160 Å². The van der Waals surface area contributed by atoms with E-state index in [-0.39, 0.29) is 10.8 Å². The maximum Gasteiger partial charge on any atom is 0.0544 e. The second-order valence-electron chi connectivity index (χ2n) is 13.4. The van der Waals surface area contributed by atoms with Crippen molar-refractivity contribution in [3.8, 4) is 22.3 Å². The molecule has 0 fully saturated rings. The average molecular weight is 552 g/mol. The Morgan fingerprint density at radius 1 is 0.419 bits per heavy atom. The SMILES string of the molecule is CC1(C)c2ccccc2-c2cc3c(cc21)-c1c(cc(N2c4ccccc4C=Cc4ccccc42)c2ccccc12)C3(C)C. The van der Waals surface area contributed by atoms with Gasteiger partial charge in [-0.1, -0.05) is 125 Å². The van der Waals surface area contributed by atoms with E-state index in [1.807, 2.05) is 0 Å². The van der Waals surface area contributed by atoms with Gasteiger partial charge in [0, 0.05) is 16.2 Å². The van der Waals surface area contributed by atoms with Crippen LogP contribution in [0.4, 0.5) is 17.1 Å². The molecule has 206 valence electrons. The summed E-state index contributed by atoms with van der Waals surface area (Å²) in [6.07, 6.45) is 4.51. The molecule has 0 aromatic heterocycles. The van der Waals surface area contributed by atoms with Crippen LogP contribution in [-0.4, -0.2) is 0 Å². The summed E-state index contributed by atoms with van der Waals surface area (Å²) in [5.41, 5.74) is 17.2. The molecule has 0 spiro atoms. The minimum atomic E-state index is -0.150. The number of benzene rings is 6. The highest BCUT2D eigenvalue weighted by molar-refractivity contribution is 6.11. The van der Waals surface area contributed by atoms with Gasteiger partial charge in [-0.15, -0.1) is 0 Å². The third kappa shape index (κ3) is 3.17. The zero-order valence-corrected chi connectivity index (χ0v) is 25.1. The number of anilines is 3. The highest BCUT2D eigenvalue weighted by Crippen LogP contribution is 2.59. The van der Waals surface area contributed by atoms with Gasteiger partial charge >= 0.3 is 0 Å². The fraction of sp³-hybridized carbons (Fsp3) is 0.143. The maximum atomic E-state index is 2.53. The van der Waals surface area contributed by atoms with Crippen LogP contribution in [0.2, 0.25) is 0 Å². The molecule has 0 radical (unpaired) electrons. The number of fused-ring (bicyclic) bond motifs is 10. The number of hydrogen-bond acceptors (Lipinski definition) is 1. The Labute approximate surface area is 253 Å². The van der Waals surface area contributed by atoms with E-state index in [1.165, 1.54) is 83.5 Å². The van der Waals surface area contributed by atoms with Gasteiger partial charge in [0.25, 0.3) is 0 Å². The van der Waals surface area contributed by atoms with E-state index in [1.54, 1.807) is 0 Å². The Bertz CT molecular complexity index is 2140. The summed E-state index contributed by atoms with van der Waals surface area (Å²) < 4.78 is 0. The smallest absolute Gasteiger partial charge is 0.0544 e. The molecule has 0 amide bonds. The van der Waals surface area contributed by atoms with E-state index in [9.17, 15) is 0 Å². The molecule has 3 aliphatic rings. The van der Waals surface area contributed by atoms with Gasteiger partial charge in [-0.2, -0.15) is 0 Å². The van der Waals surface area contributed by atoms with Gasteiger partial charge in [-0.3, -0.25) is 0 Å². The molecule has 2 aliphatic carbocycles. The lowest BCUT2D eigenvalue weighted by Crippen LogP contribution is -2.18. The number of nitrogens with zero attached hydrogens (tertiary/aromatic N) is 1. The Morgan fingerprint density at radius 2 is 0.953 bits per heavy atom. The zero-order chi connectivity index (χ0) is 29.1. The van der Waals surface area contributed by atoms with Crippen LogP contribution in [0.1, 0.15) is 61.1 Å². The van der Waals surface area contributed by atoms with Gasteiger partial charge in [-0.05, 0) is 91.4 Å². The van der Waals surface area contributed by atoms with Gasteiger partial charge in [0.05, 0.1) is 17.1 Å². The van der Waals surface area contributed by atoms with Crippen LogP contribution >= 0.6 is 0 Å². The number of hydrogen-bond donors (Lipinski definition) is 0. The fourth-order valence-electron chi connectivity index (χ4n) is 8.17. The standard InChI is InChI=1S/C42H33N/c1-41(2)33-18-10-9-15-28(33)31-23-35-32(24-34(31)41)40-30-17-8-7-16-29(30)39(25-36(40)42(35,3)4)43-37-19-11-5-13-26(37)21-22-27-14-6-12-20-38(27)43/h5-25H,1-4H3. The molecular weight excluding hydrogens is 518 g/mol. The van der Waals surface area contributed by atoms with Crippen LogP contribution in [0, 0.1) is 0 Å². The van der Waals surface area contributed by atoms with Crippen molar-refractivity contribution in [2.75, 3.05) is 4.90 Å². The third-order valence-corrected chi connectivity index (χ3v) is 10.4. The minimum Gasteiger partial charge on any atom is -0.309 e. The van der Waals surface area contributed by atoms with Gasteiger partial charge in [0.15, 0.2) is 0 Å². The molecule has 0 saturated carbocycles. The second-order valence-corrected chi connectivity index (χ2v) is 13.4. The van der Waals surface area contributed by atoms with Gasteiger partial charge in [0.1, 0.15) is 0 Å². The molecular formula is C42H33N. The van der Waals surface area contributed by atoms with E-state index < -0.39 is 0 Å². The molecule has 43 heavy (non-hydrogen) atoms. The topological polar surface area (TPSA) is 3.24 Å². The summed E-state index contributed by atoms with van der Waals surface area (Å²) >= 11 is 0. The highest BCUT2D eigenvalue weighted by Gasteiger charge is 2.42. The summed E-state index contributed by atoms with van der Waals surface area (Å²) in [7, 11) is 0. The van der Waals surface area contributed by atoms with Crippen molar-refractivity contribution in [2.24, 2.45) is 0 Å². The number of para-hydroxylation sites is 2. The third-order valence-electron chi connectivity index (χ3n) is 10.4. The van der Waals surface area contributed by atoms with Crippen molar-refractivity contribution in [3.05, 3.63) is 149 Å². The lowest BCUT2D eigenvalue weighted by Gasteiger charge is -2.30. The van der Waals surface area contributed by atoms with Crippen molar-refractivity contribution in [2.45, 2.75) is 38.5 Å². The lowest BCUT2D eigenvalue weighted by molar-refractivity contribution is 0.652. The van der Waals surface area contributed by atoms with Crippen molar-refractivity contribution in [1.29, 1.82) is 0 Å². The normalized spacial score (nSPS) is 16.1. The molecule has 0 N–H and O–H groups in total. The maximum absolute atomic E-state index is 2.53. The molecule has 6 aromatic carbocycles. The van der Waals surface area contributed by atoms with Gasteiger partial charge in [0.2, 0.25) is 0 Å². The van der Waals surface area contributed by atoms with E-state index in [0.29, 0.717) is 0 Å². The summed E-state index contributed by atoms with van der Waals surface area (Å²) in [5, 5.41) is 2.60. The zero-order valence-electron chi connectivity index (χ0n) is 25.1. The number of rotatable bonds is 1. The van der Waals surface area contributed by atoms with Crippen LogP contribution in [-0.2, 0) is 10.8 Å². The highest BCUT2D eigenvalue weighted by atomic mass is 15.1. The molecule has 0 saturated heterocycles. The fourth-order valence-corrected chi connectivity index (χ4v) is 8.17. The first-order valence-electron chi connectivity index (χ1n) is 15.4. The molecule has 1 aliphatic heterocycles. The molecule has 6 aromatic rings. The lowest BCUT2D eigenvalue weighted by atomic mass is 9.79. The predicted octanol–water partition coefficient (Wildman–Crippen LogP) is 11.4. The Hall–Kier alpha value is -4.88. The van der Waals surface area contributed by atoms with Crippen LogP contribution in [0.5, 0.6) is 0 Å². The summed E-state index contributed by atoms with van der Waals surface area (Å²) in [4.78, 5) is 2.49. The van der Waals surface area contributed by atoms with E-state index in [0.717, 1.165) is 0 Å². The second kappa shape index (κ2) is 8.36. The average Bonchev–Trinajstić information content (AvgIpc) is 3.30. The monoisotopic (exact) mass is 551 g/mol. The van der Waals surface area contributed by atoms with Crippen molar-refractivity contribution >= 4 is 40.0 Å². The molecule has 1 nitrogen and oxygen atoms in total. The van der Waals surface area contributed by atoms with Gasteiger partial charge < -0.3 is 4.90 Å². The first-order valence-corrected chi connectivity index (χ1v) is 15.4. The first-order chi connectivity index (χ1) is 20.9. The Morgan fingerprint density at radius 3 is 1.67 bits per heavy atom. The van der Waals surface area contributed by atoms with E-state index in [4.69, 9.17) is 0 Å². The molecule has 1 heteroatoms. The minimum absolute atomic E-state index is 0.0317. The quantitative estimate of drug-likeness (QED) is 0.196. The summed E-state index contributed by atoms with van der Waals surface area (Å²) in [6.45, 7) is 9.60. The molecule has 0 bridgehead atoms. The van der Waals surface area contributed by atoms with Crippen LogP contribution < -0.4 is 4.90 Å². The molecule has 1 heterocycles. The predicted molar refractivity (Wildman–Crippen MR) is 183 cm³/mol. The van der Waals surface area contributed by atoms with Crippen LogP contribution in [0.25, 0.3) is 45.2 Å². The van der Waals surface area contributed by atoms with Crippen molar-refractivity contribution in [1.82, 2.24) is 0 Å². The summed E-state index contributed by atoms with van der Waals surface area (Å²) in [6, 6.07) is 43.1. The molecule has 9 rings (SSSR count). The van der Waals surface area contributed by atoms with Crippen LogP contribution in [0.15, 0.2) is 115 Å². The largest absolute Gasteiger partial charge is 0.309 e. The molecule has 0 unspecified atom stereocenters. The van der Waals surface area contributed by atoms with E-state index >= 15 is 0 Å². The molecule has 0 atom stereocenters. The van der Waals surface area contributed by atoms with Crippen molar-refractivity contribution < 1.29 is 0 Å². The summed E-state index contributed by atoms with van der Waals surface area (Å²) in [5.74, 6) is 0. The van der Waals surface area contributed by atoms with Crippen molar-refractivity contribution in [3.63, 3.8) is 0 Å².